The zero-order valence-electron chi connectivity index (χ0n) is 8.36. The third-order valence-electron chi connectivity index (χ3n) is 1.50. The van der Waals surface area contributed by atoms with Gasteiger partial charge in [0.2, 0.25) is 0 Å². The van der Waals surface area contributed by atoms with Crippen molar-refractivity contribution in [2.45, 2.75) is 45.4 Å². The Morgan fingerprint density at radius 2 is 1.00 bits per heavy atom. The first-order valence-corrected chi connectivity index (χ1v) is 5.63. The Bertz CT molecular complexity index is 46.1. The van der Waals surface area contributed by atoms with Crippen molar-refractivity contribution in [1.29, 1.82) is 0 Å². The fourth-order valence-corrected chi connectivity index (χ4v) is 1.06. The minimum absolute atomic E-state index is 0. The number of hydrogen-bond acceptors (Lipinski definition) is 1. The van der Waals surface area contributed by atoms with Gasteiger partial charge >= 0.3 is 0 Å². The molecule has 0 aromatic carbocycles. The lowest BCUT2D eigenvalue weighted by Gasteiger charge is -2.05. The molecule has 0 spiro atoms. The number of alkyl halides is 2. The van der Waals surface area contributed by atoms with Gasteiger partial charge in [0.1, 0.15) is 0 Å². The summed E-state index contributed by atoms with van der Waals surface area (Å²) >= 11 is 9.53. The van der Waals surface area contributed by atoms with E-state index in [1.807, 2.05) is 0 Å². The Hall–Kier alpha value is 0.500. The van der Waals surface area contributed by atoms with E-state index in [1.54, 1.807) is 6.92 Å². The molecule has 0 atom stereocenters. The highest BCUT2D eigenvalue weighted by Crippen LogP contribution is 2.15. The lowest BCUT2D eigenvalue weighted by Crippen LogP contribution is -1.85. The molecule has 1 saturated carbocycles. The fraction of sp³-hybridized carbons (Fsp3) is 1.00. The molecule has 84 valence electrons. The van der Waals surface area contributed by atoms with Crippen molar-refractivity contribution >= 4 is 23.2 Å². The van der Waals surface area contributed by atoms with Gasteiger partial charge in [-0.1, -0.05) is 38.5 Å². The molecule has 2 nitrogen and oxygen atoms in total. The van der Waals surface area contributed by atoms with Crippen LogP contribution in [0.2, 0.25) is 0 Å². The Morgan fingerprint density at radius 1 is 0.923 bits per heavy atom. The summed E-state index contributed by atoms with van der Waals surface area (Å²) in [6.45, 7) is 1.93. The van der Waals surface area contributed by atoms with Crippen LogP contribution in [0.5, 0.6) is 0 Å². The lowest BCUT2D eigenvalue weighted by atomic mass is 10.0. The molecule has 0 aromatic rings. The van der Waals surface area contributed by atoms with Crippen LogP contribution in [0.3, 0.4) is 0 Å². The van der Waals surface area contributed by atoms with Gasteiger partial charge in [0.15, 0.2) is 0 Å². The maximum atomic E-state index is 7.57. The third kappa shape index (κ3) is 32.6. The second-order valence-corrected chi connectivity index (χ2v) is 3.35. The monoisotopic (exact) mass is 232 g/mol. The molecule has 1 fully saturated rings. The Kier molecular flexibility index (Phi) is 33.7. The Labute approximate surface area is 91.5 Å². The standard InChI is InChI=1S/C6H12.C2H6O.CH2Cl2.H2O/c1-2-4-6-5-3-1;1-2-3;2-1-3;/h1-6H2;3H,2H2,1H3;1H2;1H2. The van der Waals surface area contributed by atoms with E-state index in [0.717, 1.165) is 0 Å². The van der Waals surface area contributed by atoms with Crippen LogP contribution in [-0.2, 0) is 0 Å². The van der Waals surface area contributed by atoms with Crippen LogP contribution in [0.25, 0.3) is 0 Å². The van der Waals surface area contributed by atoms with Crippen molar-refractivity contribution in [1.82, 2.24) is 0 Å². The lowest BCUT2D eigenvalue weighted by molar-refractivity contribution is 0.318. The number of halogens is 2. The Morgan fingerprint density at radius 3 is 1.08 bits per heavy atom. The molecule has 1 aliphatic carbocycles. The molecule has 0 saturated heterocycles. The molecule has 0 radical (unpaired) electrons. The first-order valence-electron chi connectivity index (χ1n) is 4.56. The van der Waals surface area contributed by atoms with Gasteiger partial charge in [0, 0.05) is 6.61 Å². The SMILES string of the molecule is C1CCCCC1.CCO.ClCCl.O. The highest BCUT2D eigenvalue weighted by Gasteiger charge is 1.95. The van der Waals surface area contributed by atoms with Gasteiger partial charge in [-0.2, -0.15) is 0 Å². The average Bonchev–Trinajstić information content (AvgIpc) is 2.10. The van der Waals surface area contributed by atoms with E-state index in [9.17, 15) is 0 Å². The summed E-state index contributed by atoms with van der Waals surface area (Å²) in [5.41, 5.74) is 0. The minimum atomic E-state index is 0. The smallest absolute Gasteiger partial charge is 0.0967 e. The van der Waals surface area contributed by atoms with Crippen molar-refractivity contribution in [3.63, 3.8) is 0 Å². The number of aliphatic hydroxyl groups is 1. The van der Waals surface area contributed by atoms with Crippen LogP contribution < -0.4 is 0 Å². The summed E-state index contributed by atoms with van der Waals surface area (Å²) in [6, 6.07) is 0. The van der Waals surface area contributed by atoms with Crippen LogP contribution in [0, 0.1) is 0 Å². The molecular weight excluding hydrogens is 211 g/mol. The first-order chi connectivity index (χ1) is 5.83. The molecule has 0 bridgehead atoms. The van der Waals surface area contributed by atoms with Crippen LogP contribution in [-0.4, -0.2) is 22.5 Å². The summed E-state index contributed by atoms with van der Waals surface area (Å²) in [5, 5.41) is 7.76. The zero-order valence-corrected chi connectivity index (χ0v) is 9.87. The number of aliphatic hydroxyl groups excluding tert-OH is 1. The second kappa shape index (κ2) is 22.9. The molecule has 0 amide bonds. The van der Waals surface area contributed by atoms with Gasteiger partial charge in [-0.25, -0.2) is 0 Å². The van der Waals surface area contributed by atoms with Gasteiger partial charge < -0.3 is 10.6 Å². The van der Waals surface area contributed by atoms with E-state index in [2.05, 4.69) is 0 Å². The minimum Gasteiger partial charge on any atom is -0.412 e. The molecule has 13 heavy (non-hydrogen) atoms. The summed E-state index contributed by atoms with van der Waals surface area (Å²) in [6.07, 6.45) is 9.00. The van der Waals surface area contributed by atoms with Gasteiger partial charge in [-0.05, 0) is 6.92 Å². The molecule has 4 heteroatoms. The van der Waals surface area contributed by atoms with E-state index in [1.165, 1.54) is 38.5 Å². The second-order valence-electron chi connectivity index (χ2n) is 2.54. The van der Waals surface area contributed by atoms with Crippen molar-refractivity contribution in [2.75, 3.05) is 11.9 Å². The summed E-state index contributed by atoms with van der Waals surface area (Å²) in [7, 11) is 0. The highest BCUT2D eigenvalue weighted by molar-refractivity contribution is 6.40. The van der Waals surface area contributed by atoms with E-state index in [0.29, 0.717) is 0 Å². The van der Waals surface area contributed by atoms with Gasteiger partial charge in [-0.3, -0.25) is 0 Å². The predicted octanol–water partition coefficient (Wildman–Crippen LogP) is 2.94. The van der Waals surface area contributed by atoms with Crippen LogP contribution in [0.1, 0.15) is 45.4 Å². The van der Waals surface area contributed by atoms with E-state index in [-0.39, 0.29) is 17.4 Å². The summed E-state index contributed by atoms with van der Waals surface area (Å²) in [5.74, 6) is 0. The summed E-state index contributed by atoms with van der Waals surface area (Å²) < 4.78 is 0. The van der Waals surface area contributed by atoms with Crippen LogP contribution in [0.4, 0.5) is 0 Å². The fourth-order valence-electron chi connectivity index (χ4n) is 1.06. The predicted molar refractivity (Wildman–Crippen MR) is 60.6 cm³/mol. The molecule has 0 aliphatic heterocycles. The van der Waals surface area contributed by atoms with Crippen molar-refractivity contribution in [3.8, 4) is 0 Å². The van der Waals surface area contributed by atoms with E-state index in [4.69, 9.17) is 28.3 Å². The van der Waals surface area contributed by atoms with Gasteiger partial charge in [0.25, 0.3) is 0 Å². The first kappa shape index (κ1) is 19.1. The van der Waals surface area contributed by atoms with Crippen molar-refractivity contribution < 1.29 is 10.6 Å². The molecular formula is C9H22Cl2O2. The average molecular weight is 233 g/mol. The topological polar surface area (TPSA) is 51.7 Å². The molecule has 1 rings (SSSR count). The third-order valence-corrected chi connectivity index (χ3v) is 1.50. The van der Waals surface area contributed by atoms with E-state index >= 15 is 0 Å². The zero-order chi connectivity index (χ0) is 9.66. The largest absolute Gasteiger partial charge is 0.412 e. The van der Waals surface area contributed by atoms with E-state index < -0.39 is 0 Å². The maximum absolute atomic E-state index is 7.57. The highest BCUT2D eigenvalue weighted by atomic mass is 35.5. The Balaban J connectivity index is -0.000000126. The number of rotatable bonds is 0. The summed E-state index contributed by atoms with van der Waals surface area (Å²) in [4.78, 5) is 0. The molecule has 0 heterocycles. The normalized spacial score (nSPS) is 13.8. The molecule has 0 aromatic heterocycles. The van der Waals surface area contributed by atoms with Crippen molar-refractivity contribution in [3.05, 3.63) is 0 Å². The van der Waals surface area contributed by atoms with Crippen LogP contribution in [0.15, 0.2) is 0 Å². The quantitative estimate of drug-likeness (QED) is 0.642. The molecule has 0 unspecified atom stereocenters. The molecule has 1 aliphatic rings. The van der Waals surface area contributed by atoms with Gasteiger partial charge in [-0.15, -0.1) is 23.2 Å². The van der Waals surface area contributed by atoms with Gasteiger partial charge in [0.05, 0.1) is 5.34 Å². The number of hydrogen-bond donors (Lipinski definition) is 1. The van der Waals surface area contributed by atoms with Crippen molar-refractivity contribution in [2.24, 2.45) is 0 Å². The van der Waals surface area contributed by atoms with Crippen LogP contribution >= 0.6 is 23.2 Å². The maximum Gasteiger partial charge on any atom is 0.0967 e. The molecule has 3 N–H and O–H groups in total.